The highest BCUT2D eigenvalue weighted by atomic mass is 79.9. The molecular formula is C11H14BrNO4S2. The predicted molar refractivity (Wildman–Crippen MR) is 76.1 cm³/mol. The molecule has 2 heterocycles. The van der Waals surface area contributed by atoms with E-state index >= 15 is 0 Å². The van der Waals surface area contributed by atoms with Gasteiger partial charge in [0.1, 0.15) is 9.77 Å². The van der Waals surface area contributed by atoms with E-state index in [0.717, 1.165) is 17.8 Å². The Morgan fingerprint density at radius 2 is 2.16 bits per heavy atom. The number of hydrogen-bond donors (Lipinski definition) is 1. The Kier molecular flexibility index (Phi) is 3.81. The lowest BCUT2D eigenvalue weighted by Crippen LogP contribution is -2.30. The fraction of sp³-hybridized carbons (Fsp3) is 0.545. The van der Waals surface area contributed by atoms with Crippen molar-refractivity contribution >= 4 is 43.3 Å². The van der Waals surface area contributed by atoms with Crippen molar-refractivity contribution in [3.8, 4) is 0 Å². The number of sulfonamides is 1. The minimum atomic E-state index is -3.62. The molecule has 0 amide bonds. The van der Waals surface area contributed by atoms with Gasteiger partial charge in [0.2, 0.25) is 10.0 Å². The number of aromatic carboxylic acids is 1. The van der Waals surface area contributed by atoms with E-state index in [9.17, 15) is 13.2 Å². The highest BCUT2D eigenvalue weighted by Crippen LogP contribution is 2.37. The van der Waals surface area contributed by atoms with Gasteiger partial charge in [0.15, 0.2) is 0 Å². The van der Waals surface area contributed by atoms with Crippen molar-refractivity contribution in [3.63, 3.8) is 0 Å². The maximum Gasteiger partial charge on any atom is 0.345 e. The molecule has 1 aliphatic heterocycles. The molecule has 1 fully saturated rings. The molecule has 1 saturated heterocycles. The van der Waals surface area contributed by atoms with Crippen molar-refractivity contribution in [1.29, 1.82) is 0 Å². The van der Waals surface area contributed by atoms with Gasteiger partial charge in [-0.3, -0.25) is 0 Å². The van der Waals surface area contributed by atoms with Gasteiger partial charge in [0.25, 0.3) is 0 Å². The van der Waals surface area contributed by atoms with Crippen LogP contribution in [0.15, 0.2) is 14.7 Å². The molecule has 0 aromatic carbocycles. The molecule has 0 spiro atoms. The van der Waals surface area contributed by atoms with Crippen molar-refractivity contribution in [3.05, 3.63) is 14.7 Å². The second kappa shape index (κ2) is 4.83. The van der Waals surface area contributed by atoms with Crippen molar-refractivity contribution < 1.29 is 18.3 Å². The summed E-state index contributed by atoms with van der Waals surface area (Å²) in [5, 5.41) is 8.92. The summed E-state index contributed by atoms with van der Waals surface area (Å²) >= 11 is 4.07. The molecule has 0 aliphatic carbocycles. The molecule has 106 valence electrons. The highest BCUT2D eigenvalue weighted by molar-refractivity contribution is 9.11. The second-order valence-corrected chi connectivity index (χ2v) is 9.58. The van der Waals surface area contributed by atoms with Crippen molar-refractivity contribution in [2.45, 2.75) is 25.2 Å². The summed E-state index contributed by atoms with van der Waals surface area (Å²) in [6.07, 6.45) is 0.805. The molecule has 2 rings (SSSR count). The van der Waals surface area contributed by atoms with Crippen LogP contribution in [-0.2, 0) is 10.0 Å². The first-order valence-corrected chi connectivity index (χ1v) is 8.71. The number of carboxylic acids is 1. The van der Waals surface area contributed by atoms with Crippen LogP contribution >= 0.6 is 27.3 Å². The van der Waals surface area contributed by atoms with E-state index < -0.39 is 16.0 Å². The summed E-state index contributed by atoms with van der Waals surface area (Å²) in [6.45, 7) is 4.97. The minimum absolute atomic E-state index is 0.0175. The maximum absolute atomic E-state index is 12.5. The molecule has 19 heavy (non-hydrogen) atoms. The molecule has 5 nitrogen and oxygen atoms in total. The molecule has 0 radical (unpaired) electrons. The predicted octanol–water partition coefficient (Wildman–Crippen LogP) is 2.63. The Bertz CT molecular complexity index is 621. The van der Waals surface area contributed by atoms with Crippen molar-refractivity contribution in [1.82, 2.24) is 4.31 Å². The van der Waals surface area contributed by atoms with Crippen LogP contribution in [0.1, 0.15) is 29.9 Å². The van der Waals surface area contributed by atoms with Gasteiger partial charge in [0.05, 0.1) is 3.79 Å². The molecule has 1 aromatic heterocycles. The number of halogens is 1. The van der Waals surface area contributed by atoms with E-state index in [1.165, 1.54) is 10.4 Å². The number of carbonyl (C=O) groups is 1. The molecule has 1 aliphatic rings. The summed E-state index contributed by atoms with van der Waals surface area (Å²) < 4.78 is 26.7. The number of thiophene rings is 1. The van der Waals surface area contributed by atoms with Crippen LogP contribution in [0.25, 0.3) is 0 Å². The molecule has 0 atom stereocenters. The summed E-state index contributed by atoms with van der Waals surface area (Å²) in [4.78, 5) is 11.0. The van der Waals surface area contributed by atoms with Crippen LogP contribution in [0.3, 0.4) is 0 Å². The van der Waals surface area contributed by atoms with E-state index in [4.69, 9.17) is 5.11 Å². The monoisotopic (exact) mass is 367 g/mol. The molecule has 0 bridgehead atoms. The quantitative estimate of drug-likeness (QED) is 0.890. The average Bonchev–Trinajstić information content (AvgIpc) is 2.82. The van der Waals surface area contributed by atoms with Gasteiger partial charge in [-0.25, -0.2) is 13.2 Å². The van der Waals surface area contributed by atoms with E-state index in [-0.39, 0.29) is 15.2 Å². The summed E-state index contributed by atoms with van der Waals surface area (Å²) in [5.41, 5.74) is -0.0365. The molecule has 8 heteroatoms. The number of carboxylic acid groups (broad SMARTS) is 1. The standard InChI is InChI=1S/C11H14BrNO4S2/c1-11(2)3-4-13(6-11)19(16,17)8-5-7(10(14)15)18-9(8)12/h5H,3-4,6H2,1-2H3,(H,14,15). The highest BCUT2D eigenvalue weighted by Gasteiger charge is 2.38. The van der Waals surface area contributed by atoms with Crippen molar-refractivity contribution in [2.24, 2.45) is 5.41 Å². The van der Waals surface area contributed by atoms with Gasteiger partial charge in [-0.2, -0.15) is 4.31 Å². The Morgan fingerprint density at radius 1 is 1.53 bits per heavy atom. The first-order chi connectivity index (χ1) is 8.63. The number of rotatable bonds is 3. The first kappa shape index (κ1) is 15.0. The lowest BCUT2D eigenvalue weighted by Gasteiger charge is -2.19. The molecule has 0 saturated carbocycles. The fourth-order valence-electron chi connectivity index (χ4n) is 2.04. The van der Waals surface area contributed by atoms with E-state index in [2.05, 4.69) is 15.9 Å². The Morgan fingerprint density at radius 3 is 2.58 bits per heavy atom. The van der Waals surface area contributed by atoms with Crippen LogP contribution in [-0.4, -0.2) is 36.9 Å². The first-order valence-electron chi connectivity index (χ1n) is 5.66. The molecule has 1 N–H and O–H groups in total. The fourth-order valence-corrected chi connectivity index (χ4v) is 6.02. The number of hydrogen-bond acceptors (Lipinski definition) is 4. The smallest absolute Gasteiger partial charge is 0.345 e. The molecule has 1 aromatic rings. The van der Waals surface area contributed by atoms with Crippen LogP contribution in [0.5, 0.6) is 0 Å². The third-order valence-electron chi connectivity index (χ3n) is 3.13. The summed E-state index contributed by atoms with van der Waals surface area (Å²) in [6, 6.07) is 1.22. The summed E-state index contributed by atoms with van der Waals surface area (Å²) in [7, 11) is -3.62. The van der Waals surface area contributed by atoms with Crippen LogP contribution in [0.2, 0.25) is 0 Å². The molecule has 0 unspecified atom stereocenters. The SMILES string of the molecule is CC1(C)CCN(S(=O)(=O)c2cc(C(=O)O)sc2Br)C1. The van der Waals surface area contributed by atoms with E-state index in [0.29, 0.717) is 16.9 Å². The zero-order valence-corrected chi connectivity index (χ0v) is 13.7. The maximum atomic E-state index is 12.5. The normalized spacial score (nSPS) is 19.7. The third kappa shape index (κ3) is 2.86. The van der Waals surface area contributed by atoms with E-state index in [1.807, 2.05) is 13.8 Å². The third-order valence-corrected chi connectivity index (χ3v) is 7.21. The van der Waals surface area contributed by atoms with Gasteiger partial charge in [-0.15, -0.1) is 11.3 Å². The number of nitrogens with zero attached hydrogens (tertiary/aromatic N) is 1. The summed E-state index contributed by atoms with van der Waals surface area (Å²) in [5.74, 6) is -1.12. The van der Waals surface area contributed by atoms with Crippen LogP contribution in [0, 0.1) is 5.41 Å². The Hall–Kier alpha value is -0.440. The molecular weight excluding hydrogens is 354 g/mol. The second-order valence-electron chi connectivity index (χ2n) is 5.31. The van der Waals surface area contributed by atoms with Crippen molar-refractivity contribution in [2.75, 3.05) is 13.1 Å². The lowest BCUT2D eigenvalue weighted by molar-refractivity contribution is 0.0702. The lowest BCUT2D eigenvalue weighted by atomic mass is 9.93. The van der Waals surface area contributed by atoms with Crippen LogP contribution in [0.4, 0.5) is 0 Å². The Balaban J connectivity index is 2.38. The Labute approximate surface area is 124 Å². The van der Waals surface area contributed by atoms with Crippen LogP contribution < -0.4 is 0 Å². The largest absolute Gasteiger partial charge is 0.477 e. The van der Waals surface area contributed by atoms with Gasteiger partial charge >= 0.3 is 5.97 Å². The topological polar surface area (TPSA) is 74.7 Å². The van der Waals surface area contributed by atoms with Gasteiger partial charge < -0.3 is 5.11 Å². The van der Waals surface area contributed by atoms with Gasteiger partial charge in [0, 0.05) is 13.1 Å². The van der Waals surface area contributed by atoms with Gasteiger partial charge in [-0.05, 0) is 33.8 Å². The van der Waals surface area contributed by atoms with E-state index in [1.54, 1.807) is 0 Å². The minimum Gasteiger partial charge on any atom is -0.477 e. The zero-order chi connectivity index (χ0) is 14.4. The van der Waals surface area contributed by atoms with Gasteiger partial charge in [-0.1, -0.05) is 13.8 Å². The zero-order valence-electron chi connectivity index (χ0n) is 10.5. The average molecular weight is 368 g/mol.